The van der Waals surface area contributed by atoms with Crippen molar-refractivity contribution >= 4 is 5.88 Å². The standard InChI is InChI=1S/C12H18N2O2/c1-2-5-13-10-11-3-4-12(16-11)14-6-8-15-9-7-14/h2-4,13H,1,5-10H2. The number of ether oxygens (including phenoxy) is 1. The highest BCUT2D eigenvalue weighted by molar-refractivity contribution is 5.36. The molecule has 0 aromatic carbocycles. The molecular formula is C12H18N2O2. The summed E-state index contributed by atoms with van der Waals surface area (Å²) in [6, 6.07) is 4.04. The van der Waals surface area contributed by atoms with Crippen molar-refractivity contribution in [1.29, 1.82) is 0 Å². The van der Waals surface area contributed by atoms with Gasteiger partial charge in [0, 0.05) is 25.7 Å². The average Bonchev–Trinajstić information content (AvgIpc) is 2.79. The fourth-order valence-corrected chi connectivity index (χ4v) is 1.71. The van der Waals surface area contributed by atoms with E-state index in [0.29, 0.717) is 0 Å². The maximum Gasteiger partial charge on any atom is 0.195 e. The zero-order valence-electron chi connectivity index (χ0n) is 9.45. The smallest absolute Gasteiger partial charge is 0.195 e. The van der Waals surface area contributed by atoms with Crippen LogP contribution in [0.3, 0.4) is 0 Å². The molecule has 2 heterocycles. The molecule has 1 fully saturated rings. The largest absolute Gasteiger partial charge is 0.444 e. The van der Waals surface area contributed by atoms with Crippen molar-refractivity contribution in [2.24, 2.45) is 0 Å². The summed E-state index contributed by atoms with van der Waals surface area (Å²) >= 11 is 0. The van der Waals surface area contributed by atoms with Crippen LogP contribution in [0.25, 0.3) is 0 Å². The topological polar surface area (TPSA) is 37.6 Å². The fraction of sp³-hybridized carbons (Fsp3) is 0.500. The Balaban J connectivity index is 1.88. The summed E-state index contributed by atoms with van der Waals surface area (Å²) in [6.07, 6.45) is 1.84. The Bertz CT molecular complexity index is 330. The van der Waals surface area contributed by atoms with Gasteiger partial charge in [0.05, 0.1) is 19.8 Å². The van der Waals surface area contributed by atoms with Crippen LogP contribution in [-0.2, 0) is 11.3 Å². The van der Waals surface area contributed by atoms with Crippen LogP contribution in [0.5, 0.6) is 0 Å². The number of hydrogen-bond acceptors (Lipinski definition) is 4. The maximum absolute atomic E-state index is 5.74. The lowest BCUT2D eigenvalue weighted by Gasteiger charge is -2.26. The van der Waals surface area contributed by atoms with Gasteiger partial charge in [-0.2, -0.15) is 0 Å². The van der Waals surface area contributed by atoms with Crippen LogP contribution in [0.4, 0.5) is 5.88 Å². The van der Waals surface area contributed by atoms with E-state index in [1.165, 1.54) is 0 Å². The first-order valence-electron chi connectivity index (χ1n) is 5.63. The normalized spacial score (nSPS) is 16.4. The van der Waals surface area contributed by atoms with Crippen LogP contribution in [0.15, 0.2) is 29.2 Å². The van der Waals surface area contributed by atoms with Crippen LogP contribution in [0.2, 0.25) is 0 Å². The molecule has 1 aliphatic rings. The maximum atomic E-state index is 5.74. The van der Waals surface area contributed by atoms with Crippen LogP contribution in [0, 0.1) is 0 Å². The Hall–Kier alpha value is -1.26. The van der Waals surface area contributed by atoms with Gasteiger partial charge in [0.15, 0.2) is 5.88 Å². The van der Waals surface area contributed by atoms with Gasteiger partial charge >= 0.3 is 0 Å². The number of hydrogen-bond donors (Lipinski definition) is 1. The average molecular weight is 222 g/mol. The first-order valence-corrected chi connectivity index (χ1v) is 5.63. The summed E-state index contributed by atoms with van der Waals surface area (Å²) < 4.78 is 11.0. The van der Waals surface area contributed by atoms with Crippen LogP contribution < -0.4 is 10.2 Å². The predicted octanol–water partition coefficient (Wildman–Crippen LogP) is 1.39. The van der Waals surface area contributed by atoms with E-state index in [1.807, 2.05) is 18.2 Å². The van der Waals surface area contributed by atoms with Gasteiger partial charge in [-0.05, 0) is 6.07 Å². The highest BCUT2D eigenvalue weighted by Crippen LogP contribution is 2.19. The third-order valence-electron chi connectivity index (χ3n) is 2.56. The molecule has 0 amide bonds. The minimum Gasteiger partial charge on any atom is -0.444 e. The molecule has 2 rings (SSSR count). The lowest BCUT2D eigenvalue weighted by molar-refractivity contribution is 0.120. The van der Waals surface area contributed by atoms with Crippen molar-refractivity contribution in [2.75, 3.05) is 37.7 Å². The molecule has 16 heavy (non-hydrogen) atoms. The molecule has 0 unspecified atom stereocenters. The Morgan fingerprint density at radius 1 is 1.38 bits per heavy atom. The quantitative estimate of drug-likeness (QED) is 0.603. The molecule has 4 nitrogen and oxygen atoms in total. The number of furan rings is 1. The molecule has 4 heteroatoms. The van der Waals surface area contributed by atoms with E-state index in [1.54, 1.807) is 0 Å². The molecule has 0 aliphatic carbocycles. The molecule has 1 aromatic rings. The van der Waals surface area contributed by atoms with Crippen molar-refractivity contribution in [3.63, 3.8) is 0 Å². The Labute approximate surface area is 95.9 Å². The van der Waals surface area contributed by atoms with Crippen molar-refractivity contribution in [2.45, 2.75) is 6.54 Å². The van der Waals surface area contributed by atoms with Crippen LogP contribution >= 0.6 is 0 Å². The molecule has 1 saturated heterocycles. The number of nitrogens with one attached hydrogen (secondary N) is 1. The van der Waals surface area contributed by atoms with Gasteiger partial charge in [0.25, 0.3) is 0 Å². The second kappa shape index (κ2) is 5.72. The van der Waals surface area contributed by atoms with Gasteiger partial charge in [0.1, 0.15) is 5.76 Å². The van der Waals surface area contributed by atoms with Gasteiger partial charge in [-0.1, -0.05) is 6.08 Å². The Morgan fingerprint density at radius 2 is 2.19 bits per heavy atom. The fourth-order valence-electron chi connectivity index (χ4n) is 1.71. The highest BCUT2D eigenvalue weighted by atomic mass is 16.5. The summed E-state index contributed by atoms with van der Waals surface area (Å²) in [5.41, 5.74) is 0. The van der Waals surface area contributed by atoms with E-state index in [0.717, 1.165) is 51.0 Å². The third-order valence-corrected chi connectivity index (χ3v) is 2.56. The molecule has 1 aliphatic heterocycles. The third kappa shape index (κ3) is 2.87. The second-order valence-electron chi connectivity index (χ2n) is 3.76. The summed E-state index contributed by atoms with van der Waals surface area (Å²) in [6.45, 7) is 8.59. The van der Waals surface area contributed by atoms with Crippen molar-refractivity contribution in [1.82, 2.24) is 5.32 Å². The molecule has 88 valence electrons. The van der Waals surface area contributed by atoms with E-state index in [2.05, 4.69) is 16.8 Å². The Morgan fingerprint density at radius 3 is 2.94 bits per heavy atom. The van der Waals surface area contributed by atoms with Gasteiger partial charge in [-0.15, -0.1) is 6.58 Å². The van der Waals surface area contributed by atoms with E-state index in [9.17, 15) is 0 Å². The zero-order chi connectivity index (χ0) is 11.2. The first kappa shape index (κ1) is 11.2. The first-order chi connectivity index (χ1) is 7.90. The van der Waals surface area contributed by atoms with Crippen LogP contribution in [0.1, 0.15) is 5.76 Å². The van der Waals surface area contributed by atoms with E-state index < -0.39 is 0 Å². The van der Waals surface area contributed by atoms with E-state index in [-0.39, 0.29) is 0 Å². The van der Waals surface area contributed by atoms with Gasteiger partial charge in [0.2, 0.25) is 0 Å². The second-order valence-corrected chi connectivity index (χ2v) is 3.76. The molecule has 1 aromatic heterocycles. The number of anilines is 1. The van der Waals surface area contributed by atoms with Crippen molar-refractivity contribution < 1.29 is 9.15 Å². The summed E-state index contributed by atoms with van der Waals surface area (Å²) in [7, 11) is 0. The predicted molar refractivity (Wildman–Crippen MR) is 63.6 cm³/mol. The van der Waals surface area contributed by atoms with E-state index in [4.69, 9.17) is 9.15 Å². The van der Waals surface area contributed by atoms with Crippen molar-refractivity contribution in [3.05, 3.63) is 30.5 Å². The summed E-state index contributed by atoms with van der Waals surface area (Å²) in [5, 5.41) is 3.21. The van der Waals surface area contributed by atoms with Crippen LogP contribution in [-0.4, -0.2) is 32.8 Å². The molecule has 0 saturated carbocycles. The molecule has 0 bridgehead atoms. The number of rotatable bonds is 5. The zero-order valence-corrected chi connectivity index (χ0v) is 9.45. The SMILES string of the molecule is C=CCNCc1ccc(N2CCOCC2)o1. The van der Waals surface area contributed by atoms with Gasteiger partial charge in [-0.25, -0.2) is 0 Å². The molecule has 0 radical (unpaired) electrons. The Kier molecular flexibility index (Phi) is 4.02. The molecule has 0 atom stereocenters. The van der Waals surface area contributed by atoms with Gasteiger partial charge < -0.3 is 19.4 Å². The monoisotopic (exact) mass is 222 g/mol. The lowest BCUT2D eigenvalue weighted by atomic mass is 10.4. The van der Waals surface area contributed by atoms with Gasteiger partial charge in [-0.3, -0.25) is 0 Å². The number of nitrogens with zero attached hydrogens (tertiary/aromatic N) is 1. The number of morpholine rings is 1. The summed E-state index contributed by atoms with van der Waals surface area (Å²) in [5.74, 6) is 1.90. The van der Waals surface area contributed by atoms with E-state index >= 15 is 0 Å². The highest BCUT2D eigenvalue weighted by Gasteiger charge is 2.14. The molecular weight excluding hydrogens is 204 g/mol. The molecule has 0 spiro atoms. The lowest BCUT2D eigenvalue weighted by Crippen LogP contribution is -2.35. The minimum absolute atomic E-state index is 0.746. The van der Waals surface area contributed by atoms with Crippen molar-refractivity contribution in [3.8, 4) is 0 Å². The summed E-state index contributed by atoms with van der Waals surface area (Å²) in [4.78, 5) is 2.21. The minimum atomic E-state index is 0.746. The molecule has 1 N–H and O–H groups in total.